The van der Waals surface area contributed by atoms with E-state index in [1.165, 1.54) is 64.6 Å². The third-order valence-corrected chi connectivity index (χ3v) is 15.1. The van der Waals surface area contributed by atoms with Crippen molar-refractivity contribution in [3.05, 3.63) is 0 Å². The minimum Gasteiger partial charge on any atom is -0.381 e. The molecule has 314 valence electrons. The summed E-state index contributed by atoms with van der Waals surface area (Å²) in [6.45, 7) is 17.9. The number of piperazine rings is 1. The van der Waals surface area contributed by atoms with Crippen molar-refractivity contribution in [1.82, 2.24) is 36.8 Å². The zero-order chi connectivity index (χ0) is 37.9. The summed E-state index contributed by atoms with van der Waals surface area (Å²) in [5.74, 6) is 4.59. The Balaban J connectivity index is 0.975. The Morgan fingerprint density at radius 2 is 1.56 bits per heavy atom. The molecule has 0 radical (unpaired) electrons. The van der Waals surface area contributed by atoms with E-state index in [0.29, 0.717) is 42.9 Å². The normalized spacial score (nSPS) is 40.3. The number of ether oxygens (including phenoxy) is 1. The van der Waals surface area contributed by atoms with Crippen LogP contribution in [0, 0.1) is 41.4 Å². The Bertz CT molecular complexity index is 1050. The fourth-order valence-electron chi connectivity index (χ4n) is 11.9. The minimum absolute atomic E-state index is 0.0581. The van der Waals surface area contributed by atoms with Crippen LogP contribution >= 0.6 is 0 Å². The molecule has 14 unspecified atom stereocenters. The van der Waals surface area contributed by atoms with Crippen molar-refractivity contribution in [2.45, 2.75) is 153 Å². The summed E-state index contributed by atoms with van der Waals surface area (Å²) in [5.41, 5.74) is 6.50. The molecule has 54 heavy (non-hydrogen) atoms. The zero-order valence-corrected chi connectivity index (χ0v) is 34.5. The second kappa shape index (κ2) is 22.0. The van der Waals surface area contributed by atoms with Crippen molar-refractivity contribution in [1.29, 1.82) is 0 Å². The quantitative estimate of drug-likeness (QED) is 0.0949. The zero-order valence-electron chi connectivity index (χ0n) is 34.5. The van der Waals surface area contributed by atoms with Crippen LogP contribution in [0.25, 0.3) is 0 Å². The summed E-state index contributed by atoms with van der Waals surface area (Å²) in [5, 5.41) is 47.8. The van der Waals surface area contributed by atoms with E-state index in [0.717, 1.165) is 102 Å². The van der Waals surface area contributed by atoms with Gasteiger partial charge in [-0.3, -0.25) is 16.0 Å². The van der Waals surface area contributed by atoms with Crippen molar-refractivity contribution >= 4 is 0 Å². The summed E-state index contributed by atoms with van der Waals surface area (Å²) in [4.78, 5) is 2.71. The van der Waals surface area contributed by atoms with E-state index in [2.05, 4.69) is 62.9 Å². The molecule has 4 heterocycles. The van der Waals surface area contributed by atoms with Gasteiger partial charge in [-0.05, 0) is 94.3 Å². The van der Waals surface area contributed by atoms with Crippen LogP contribution in [0.5, 0.6) is 0 Å². The van der Waals surface area contributed by atoms with Crippen LogP contribution < -0.4 is 43.0 Å². The number of nitrogens with two attached hydrogens (primary N) is 2. The highest BCUT2D eigenvalue weighted by atomic mass is 16.5. The summed E-state index contributed by atoms with van der Waals surface area (Å²) in [6.07, 6.45) is 14.5. The fraction of sp³-hybridized carbons (Fsp3) is 1.00. The fourth-order valence-corrected chi connectivity index (χ4v) is 11.9. The molecule has 4 saturated heterocycles. The summed E-state index contributed by atoms with van der Waals surface area (Å²) >= 11 is 0. The second-order valence-corrected chi connectivity index (χ2v) is 18.7. The van der Waals surface area contributed by atoms with Crippen molar-refractivity contribution in [3.63, 3.8) is 0 Å². The van der Waals surface area contributed by atoms with Gasteiger partial charge in [0.25, 0.3) is 0 Å². The molecule has 6 aliphatic rings. The Morgan fingerprint density at radius 3 is 2.26 bits per heavy atom. The van der Waals surface area contributed by atoms with Crippen LogP contribution in [0.4, 0.5) is 0 Å². The lowest BCUT2D eigenvalue weighted by molar-refractivity contribution is -0.701. The first-order valence-electron chi connectivity index (χ1n) is 23.0. The summed E-state index contributed by atoms with van der Waals surface area (Å²) < 4.78 is 5.68. The molecule has 0 amide bonds. The Hall–Kier alpha value is -0.480. The van der Waals surface area contributed by atoms with Gasteiger partial charge in [-0.2, -0.15) is 0 Å². The molecule has 2 saturated carbocycles. The van der Waals surface area contributed by atoms with Gasteiger partial charge in [0.1, 0.15) is 18.6 Å². The maximum absolute atomic E-state index is 11.6. The largest absolute Gasteiger partial charge is 0.381 e. The lowest BCUT2D eigenvalue weighted by Gasteiger charge is -2.48. The van der Waals surface area contributed by atoms with Gasteiger partial charge in [0.2, 0.25) is 0 Å². The highest BCUT2D eigenvalue weighted by molar-refractivity contribution is 5.00. The SMILES string of the molecule is CC[NH2+]C1NC(CC)C(CNC(O)C2CCCC(C(O)NCC3CCC(C)C(C4CCCC(CN5CCNCC5)C4)C3)N2)C(NC2CCOCC2)C1CN. The topological polar surface area (TPSA) is 168 Å². The molecule has 12 heteroatoms. The average molecular weight is 763 g/mol. The van der Waals surface area contributed by atoms with Crippen molar-refractivity contribution in [3.8, 4) is 0 Å². The molecule has 0 aromatic carbocycles. The Morgan fingerprint density at radius 1 is 0.833 bits per heavy atom. The molecule has 14 atom stereocenters. The molecule has 6 fully saturated rings. The molecule has 0 bridgehead atoms. The number of rotatable bonds is 17. The number of hydrogen-bond donors (Lipinski definition) is 10. The van der Waals surface area contributed by atoms with Crippen LogP contribution in [0.3, 0.4) is 0 Å². The third kappa shape index (κ3) is 11.8. The first-order valence-corrected chi connectivity index (χ1v) is 23.0. The van der Waals surface area contributed by atoms with E-state index in [1.54, 1.807) is 0 Å². The van der Waals surface area contributed by atoms with Gasteiger partial charge in [-0.15, -0.1) is 0 Å². The van der Waals surface area contributed by atoms with Crippen LogP contribution in [0.2, 0.25) is 0 Å². The maximum atomic E-state index is 11.6. The monoisotopic (exact) mass is 763 g/mol. The molecule has 0 aromatic rings. The van der Waals surface area contributed by atoms with Crippen LogP contribution in [-0.4, -0.2) is 136 Å². The van der Waals surface area contributed by atoms with Crippen LogP contribution in [-0.2, 0) is 4.74 Å². The molecule has 12 nitrogen and oxygen atoms in total. The van der Waals surface area contributed by atoms with E-state index in [-0.39, 0.29) is 24.3 Å². The van der Waals surface area contributed by atoms with E-state index >= 15 is 0 Å². The Kier molecular flexibility index (Phi) is 17.6. The predicted molar refractivity (Wildman–Crippen MR) is 218 cm³/mol. The van der Waals surface area contributed by atoms with Gasteiger partial charge in [0.15, 0.2) is 0 Å². The highest BCUT2D eigenvalue weighted by Gasteiger charge is 2.46. The van der Waals surface area contributed by atoms with Crippen molar-refractivity contribution in [2.24, 2.45) is 47.2 Å². The Labute approximate surface area is 328 Å². The lowest BCUT2D eigenvalue weighted by atomic mass is 9.64. The summed E-state index contributed by atoms with van der Waals surface area (Å²) in [7, 11) is 0. The molecule has 0 spiro atoms. The number of hydrogen-bond acceptors (Lipinski definition) is 11. The molecular weight excluding hydrogens is 679 g/mol. The molecule has 0 aromatic heterocycles. The standard InChI is InChI=1S/C42H83N9O3/c1-4-36-35(39(48-32-14-20-54-21-15-32)34(24-43)40(50-36)45-5-2)26-47-42(53)38-11-7-10-37(49-38)41(52)46-25-29-13-12-28(3)33(23-29)31-9-6-8-30(22-31)27-51-18-16-44-17-19-51/h28-42,44-50,52-53H,4-27,43H2,1-3H3/p+1. The van der Waals surface area contributed by atoms with E-state index < -0.39 is 12.5 Å². The number of quaternary nitrogens is 1. The van der Waals surface area contributed by atoms with Gasteiger partial charge in [0.05, 0.1) is 12.5 Å². The smallest absolute Gasteiger partial charge is 0.145 e. The third-order valence-electron chi connectivity index (χ3n) is 15.1. The minimum atomic E-state index is -0.677. The van der Waals surface area contributed by atoms with Gasteiger partial charge in [-0.1, -0.05) is 39.5 Å². The van der Waals surface area contributed by atoms with E-state index in [4.69, 9.17) is 10.5 Å². The molecule has 4 aliphatic heterocycles. The van der Waals surface area contributed by atoms with Crippen molar-refractivity contribution in [2.75, 3.05) is 72.1 Å². The molecule has 6 rings (SSSR count). The van der Waals surface area contributed by atoms with E-state index in [9.17, 15) is 10.2 Å². The number of nitrogens with zero attached hydrogens (tertiary/aromatic N) is 1. The van der Waals surface area contributed by atoms with Gasteiger partial charge in [0, 0.05) is 102 Å². The number of nitrogens with one attached hydrogen (secondary N) is 6. The van der Waals surface area contributed by atoms with Crippen molar-refractivity contribution < 1.29 is 20.3 Å². The number of aliphatic hydroxyl groups is 2. The van der Waals surface area contributed by atoms with Crippen LogP contribution in [0.1, 0.15) is 104 Å². The van der Waals surface area contributed by atoms with E-state index in [1.807, 2.05) is 0 Å². The maximum Gasteiger partial charge on any atom is 0.145 e. The first-order chi connectivity index (χ1) is 26.4. The van der Waals surface area contributed by atoms with Gasteiger partial charge < -0.3 is 46.9 Å². The van der Waals surface area contributed by atoms with Gasteiger partial charge >= 0.3 is 0 Å². The lowest BCUT2D eigenvalue weighted by Crippen LogP contribution is -2.98. The average Bonchev–Trinajstić information content (AvgIpc) is 3.20. The number of aliphatic hydroxyl groups excluding tert-OH is 2. The van der Waals surface area contributed by atoms with Gasteiger partial charge in [-0.25, -0.2) is 0 Å². The molecule has 2 aliphatic carbocycles. The predicted octanol–water partition coefficient (Wildman–Crippen LogP) is 0.697. The second-order valence-electron chi connectivity index (χ2n) is 18.7. The number of piperidine rings is 2. The highest BCUT2D eigenvalue weighted by Crippen LogP contribution is 2.45. The summed E-state index contributed by atoms with van der Waals surface area (Å²) in [6, 6.07) is 0.875. The molecular formula is C42H84N9O3+. The van der Waals surface area contributed by atoms with Crippen LogP contribution in [0.15, 0.2) is 0 Å². The first kappa shape index (κ1) is 43.1. The molecule has 12 N–H and O–H groups in total.